The van der Waals surface area contributed by atoms with Crippen LogP contribution in [-0.4, -0.2) is 27.3 Å². The van der Waals surface area contributed by atoms with Gasteiger partial charge in [-0.2, -0.15) is 0 Å². The number of nitrogens with two attached hydrogens (primary N) is 1. The first-order chi connectivity index (χ1) is 8.94. The van der Waals surface area contributed by atoms with E-state index in [-0.39, 0.29) is 12.6 Å². The van der Waals surface area contributed by atoms with Crippen molar-refractivity contribution in [3.63, 3.8) is 0 Å². The van der Waals surface area contributed by atoms with Gasteiger partial charge in [0.2, 0.25) is 10.0 Å². The van der Waals surface area contributed by atoms with Crippen LogP contribution in [0.2, 0.25) is 0 Å². The van der Waals surface area contributed by atoms with Crippen molar-refractivity contribution in [2.24, 2.45) is 5.73 Å². The van der Waals surface area contributed by atoms with Crippen LogP contribution in [0.25, 0.3) is 0 Å². The highest BCUT2D eigenvalue weighted by Gasteiger charge is 2.24. The minimum absolute atomic E-state index is 0.126. The Kier molecular flexibility index (Phi) is 5.78. The lowest BCUT2D eigenvalue weighted by Gasteiger charge is -2.19. The van der Waals surface area contributed by atoms with E-state index in [0.717, 1.165) is 11.3 Å². The van der Waals surface area contributed by atoms with E-state index in [9.17, 15) is 8.42 Å². The molecule has 2 unspecified atom stereocenters. The molecule has 0 heterocycles. The van der Waals surface area contributed by atoms with Gasteiger partial charge in [0.1, 0.15) is 5.75 Å². The number of nitrogens with one attached hydrogen (secondary N) is 1. The monoisotopic (exact) mass is 286 g/mol. The molecule has 0 aliphatic carbocycles. The Bertz CT molecular complexity index is 481. The van der Waals surface area contributed by atoms with E-state index in [2.05, 4.69) is 4.72 Å². The Morgan fingerprint density at radius 2 is 1.89 bits per heavy atom. The molecule has 5 nitrogen and oxygen atoms in total. The minimum Gasteiger partial charge on any atom is -0.497 e. The van der Waals surface area contributed by atoms with Crippen LogP contribution in [-0.2, 0) is 10.0 Å². The van der Waals surface area contributed by atoms with Crippen LogP contribution in [0.15, 0.2) is 24.3 Å². The fraction of sp³-hybridized carbons (Fsp3) is 0.538. The van der Waals surface area contributed by atoms with E-state index in [0.29, 0.717) is 6.42 Å². The molecule has 19 heavy (non-hydrogen) atoms. The van der Waals surface area contributed by atoms with E-state index >= 15 is 0 Å². The van der Waals surface area contributed by atoms with E-state index in [4.69, 9.17) is 10.5 Å². The molecule has 0 bridgehead atoms. The Hall–Kier alpha value is -1.11. The summed E-state index contributed by atoms with van der Waals surface area (Å²) in [5.74, 6) is 0.743. The molecule has 0 aromatic heterocycles. The predicted molar refractivity (Wildman–Crippen MR) is 76.6 cm³/mol. The average Bonchev–Trinajstić information content (AvgIpc) is 2.39. The number of ether oxygens (including phenoxy) is 1. The number of hydrogen-bond donors (Lipinski definition) is 2. The van der Waals surface area contributed by atoms with E-state index in [1.165, 1.54) is 0 Å². The van der Waals surface area contributed by atoms with Crippen LogP contribution < -0.4 is 15.2 Å². The molecule has 3 N–H and O–H groups in total. The van der Waals surface area contributed by atoms with Gasteiger partial charge >= 0.3 is 0 Å². The maximum atomic E-state index is 12.1. The fourth-order valence-corrected chi connectivity index (χ4v) is 3.33. The topological polar surface area (TPSA) is 81.4 Å². The van der Waals surface area contributed by atoms with Gasteiger partial charge in [-0.05, 0) is 31.0 Å². The van der Waals surface area contributed by atoms with Gasteiger partial charge in [0.05, 0.1) is 12.4 Å². The van der Waals surface area contributed by atoms with Crippen LogP contribution in [0.4, 0.5) is 0 Å². The smallest absolute Gasteiger partial charge is 0.216 e. The second-order valence-corrected chi connectivity index (χ2v) is 6.42. The summed E-state index contributed by atoms with van der Waals surface area (Å²) in [5, 5.41) is -0.548. The number of hydrogen-bond acceptors (Lipinski definition) is 4. The van der Waals surface area contributed by atoms with E-state index < -0.39 is 15.3 Å². The summed E-state index contributed by atoms with van der Waals surface area (Å²) in [7, 11) is -1.80. The average molecular weight is 286 g/mol. The molecule has 0 aliphatic rings. The maximum Gasteiger partial charge on any atom is 0.216 e. The molecule has 0 fully saturated rings. The second-order valence-electron chi connectivity index (χ2n) is 4.42. The predicted octanol–water partition coefficient (Wildman–Crippen LogP) is 1.41. The zero-order valence-corrected chi connectivity index (χ0v) is 12.4. The lowest BCUT2D eigenvalue weighted by molar-refractivity contribution is 0.414. The zero-order valence-electron chi connectivity index (χ0n) is 11.6. The molecule has 0 aliphatic heterocycles. The molecule has 0 saturated carbocycles. The van der Waals surface area contributed by atoms with Gasteiger partial charge in [-0.1, -0.05) is 19.1 Å². The lowest BCUT2D eigenvalue weighted by Crippen LogP contribution is -2.39. The molecule has 0 amide bonds. The van der Waals surface area contributed by atoms with Crippen molar-refractivity contribution in [1.29, 1.82) is 0 Å². The maximum absolute atomic E-state index is 12.1. The van der Waals surface area contributed by atoms with Gasteiger partial charge in [0.15, 0.2) is 0 Å². The molecular formula is C13H22N2O3S. The van der Waals surface area contributed by atoms with Crippen molar-refractivity contribution in [1.82, 2.24) is 4.72 Å². The first-order valence-corrected chi connectivity index (χ1v) is 7.84. The highest BCUT2D eigenvalue weighted by molar-refractivity contribution is 7.90. The van der Waals surface area contributed by atoms with Gasteiger partial charge in [0.25, 0.3) is 0 Å². The zero-order chi connectivity index (χ0) is 14.5. The number of sulfonamides is 1. The Morgan fingerprint density at radius 1 is 1.32 bits per heavy atom. The van der Waals surface area contributed by atoms with Gasteiger partial charge in [0, 0.05) is 12.6 Å². The standard InChI is InChI=1S/C13H22N2O3S/c1-4-13(9-14)19(16,17)15-10(2)11-5-7-12(18-3)8-6-11/h5-8,10,13,15H,4,9,14H2,1-3H3. The summed E-state index contributed by atoms with van der Waals surface area (Å²) in [6.45, 7) is 3.75. The number of methoxy groups -OCH3 is 1. The van der Waals surface area contributed by atoms with Crippen LogP contribution in [0, 0.1) is 0 Å². The fourth-order valence-electron chi connectivity index (χ4n) is 1.82. The molecular weight excluding hydrogens is 264 g/mol. The molecule has 1 aromatic rings. The Balaban J connectivity index is 2.80. The first kappa shape index (κ1) is 15.9. The highest BCUT2D eigenvalue weighted by Crippen LogP contribution is 2.19. The van der Waals surface area contributed by atoms with Crippen molar-refractivity contribution in [2.45, 2.75) is 31.6 Å². The van der Waals surface area contributed by atoms with Crippen LogP contribution in [0.3, 0.4) is 0 Å². The summed E-state index contributed by atoms with van der Waals surface area (Å²) < 4.78 is 31.9. The molecule has 1 rings (SSSR count). The van der Waals surface area contributed by atoms with Gasteiger partial charge < -0.3 is 10.5 Å². The third kappa shape index (κ3) is 4.19. The third-order valence-corrected chi connectivity index (χ3v) is 5.20. The molecule has 2 atom stereocenters. The Morgan fingerprint density at radius 3 is 2.32 bits per heavy atom. The summed E-state index contributed by atoms with van der Waals surface area (Å²) >= 11 is 0. The van der Waals surface area contributed by atoms with Gasteiger partial charge in [-0.25, -0.2) is 13.1 Å². The summed E-state index contributed by atoms with van der Waals surface area (Å²) in [5.41, 5.74) is 6.37. The Labute approximate surface area is 115 Å². The van der Waals surface area contributed by atoms with Gasteiger partial charge in [-0.3, -0.25) is 0 Å². The highest BCUT2D eigenvalue weighted by atomic mass is 32.2. The summed E-state index contributed by atoms with van der Waals surface area (Å²) in [4.78, 5) is 0. The lowest BCUT2D eigenvalue weighted by atomic mass is 10.1. The van der Waals surface area contributed by atoms with Crippen LogP contribution in [0.5, 0.6) is 5.75 Å². The van der Waals surface area contributed by atoms with Crippen molar-refractivity contribution in [3.8, 4) is 5.75 Å². The van der Waals surface area contributed by atoms with Crippen molar-refractivity contribution in [2.75, 3.05) is 13.7 Å². The molecule has 0 radical (unpaired) electrons. The molecule has 6 heteroatoms. The van der Waals surface area contributed by atoms with E-state index in [1.807, 2.05) is 26.0 Å². The van der Waals surface area contributed by atoms with Gasteiger partial charge in [-0.15, -0.1) is 0 Å². The molecule has 0 spiro atoms. The summed E-state index contributed by atoms with van der Waals surface area (Å²) in [6, 6.07) is 7.00. The molecule has 0 saturated heterocycles. The van der Waals surface area contributed by atoms with Crippen molar-refractivity contribution in [3.05, 3.63) is 29.8 Å². The molecule has 1 aromatic carbocycles. The quantitative estimate of drug-likeness (QED) is 0.794. The SMILES string of the molecule is CCC(CN)S(=O)(=O)NC(C)c1ccc(OC)cc1. The minimum atomic E-state index is -3.39. The first-order valence-electron chi connectivity index (χ1n) is 6.29. The number of rotatable bonds is 7. The second kappa shape index (κ2) is 6.88. The van der Waals surface area contributed by atoms with Crippen molar-refractivity contribution >= 4 is 10.0 Å². The molecule has 108 valence electrons. The number of benzene rings is 1. The van der Waals surface area contributed by atoms with Crippen LogP contribution >= 0.6 is 0 Å². The van der Waals surface area contributed by atoms with Crippen molar-refractivity contribution < 1.29 is 13.2 Å². The van der Waals surface area contributed by atoms with Crippen LogP contribution in [0.1, 0.15) is 31.9 Å². The normalized spacial score (nSPS) is 14.9. The third-order valence-electron chi connectivity index (χ3n) is 3.11. The summed E-state index contributed by atoms with van der Waals surface area (Å²) in [6.07, 6.45) is 0.501. The van der Waals surface area contributed by atoms with E-state index in [1.54, 1.807) is 19.2 Å². The largest absolute Gasteiger partial charge is 0.497 e.